The molecule has 0 saturated carbocycles. The van der Waals surface area contributed by atoms with Crippen molar-refractivity contribution in [3.8, 4) is 0 Å². The lowest BCUT2D eigenvalue weighted by atomic mass is 9.93. The molecule has 0 aliphatic carbocycles. The predicted octanol–water partition coefficient (Wildman–Crippen LogP) is 3.35. The quantitative estimate of drug-likeness (QED) is 0.195. The van der Waals surface area contributed by atoms with E-state index in [-0.39, 0.29) is 35.7 Å². The van der Waals surface area contributed by atoms with E-state index in [1.54, 1.807) is 30.9 Å². The van der Waals surface area contributed by atoms with Crippen LogP contribution in [0.1, 0.15) is 26.2 Å². The fourth-order valence-corrected chi connectivity index (χ4v) is 3.73. The Morgan fingerprint density at radius 3 is 2.56 bits per heavy atom. The summed E-state index contributed by atoms with van der Waals surface area (Å²) < 4.78 is 12.9. The molecule has 0 radical (unpaired) electrons. The van der Waals surface area contributed by atoms with Crippen molar-refractivity contribution in [2.24, 2.45) is 10.9 Å². The van der Waals surface area contributed by atoms with Crippen LogP contribution in [0.3, 0.4) is 0 Å². The summed E-state index contributed by atoms with van der Waals surface area (Å²) in [6.45, 7) is 5.48. The molecule has 8 heteroatoms. The molecular weight excluding hydrogens is 478 g/mol. The zero-order valence-electron chi connectivity index (χ0n) is 16.0. The van der Waals surface area contributed by atoms with E-state index in [4.69, 9.17) is 4.99 Å². The van der Waals surface area contributed by atoms with Gasteiger partial charge in [0.05, 0.1) is 6.54 Å². The number of thioether (sulfide) groups is 1. The number of nitrogens with one attached hydrogen (secondary N) is 2. The molecule has 0 bridgehead atoms. The third-order valence-electron chi connectivity index (χ3n) is 4.44. The van der Waals surface area contributed by atoms with Crippen molar-refractivity contribution in [2.75, 3.05) is 39.0 Å². The fraction of sp³-hybridized carbons (Fsp3) is 0.579. The highest BCUT2D eigenvalue weighted by molar-refractivity contribution is 14.0. The number of likely N-dealkylation sites (tertiary alicyclic amines) is 1. The average molecular weight is 508 g/mol. The average Bonchev–Trinajstić information content (AvgIpc) is 2.66. The van der Waals surface area contributed by atoms with E-state index in [9.17, 15) is 9.18 Å². The molecule has 1 saturated heterocycles. The van der Waals surface area contributed by atoms with Crippen molar-refractivity contribution in [3.63, 3.8) is 0 Å². The van der Waals surface area contributed by atoms with Gasteiger partial charge in [-0.05, 0) is 49.9 Å². The maximum atomic E-state index is 12.9. The van der Waals surface area contributed by atoms with Gasteiger partial charge in [-0.2, -0.15) is 0 Å². The summed E-state index contributed by atoms with van der Waals surface area (Å²) in [6.07, 6.45) is 2.65. The Kier molecular flexibility index (Phi) is 11.7. The molecule has 27 heavy (non-hydrogen) atoms. The summed E-state index contributed by atoms with van der Waals surface area (Å²) in [5, 5.41) is 6.07. The highest BCUT2D eigenvalue weighted by Gasteiger charge is 2.22. The number of piperidine rings is 1. The van der Waals surface area contributed by atoms with Gasteiger partial charge < -0.3 is 15.5 Å². The van der Waals surface area contributed by atoms with Gasteiger partial charge >= 0.3 is 0 Å². The first-order valence-corrected chi connectivity index (χ1v) is 10.2. The molecule has 1 aliphatic heterocycles. The van der Waals surface area contributed by atoms with Crippen molar-refractivity contribution < 1.29 is 9.18 Å². The minimum absolute atomic E-state index is 0. The summed E-state index contributed by atoms with van der Waals surface area (Å²) >= 11 is 1.68. The lowest BCUT2D eigenvalue weighted by Gasteiger charge is -2.34. The van der Waals surface area contributed by atoms with E-state index < -0.39 is 0 Å². The zero-order chi connectivity index (χ0) is 18.8. The molecule has 152 valence electrons. The van der Waals surface area contributed by atoms with Crippen molar-refractivity contribution in [3.05, 3.63) is 30.1 Å². The van der Waals surface area contributed by atoms with Crippen LogP contribution in [0.25, 0.3) is 0 Å². The summed E-state index contributed by atoms with van der Waals surface area (Å²) in [5.41, 5.74) is 0. The molecule has 0 atom stereocenters. The second-order valence-electron chi connectivity index (χ2n) is 6.35. The zero-order valence-corrected chi connectivity index (χ0v) is 19.2. The number of rotatable bonds is 7. The molecule has 1 amide bonds. The van der Waals surface area contributed by atoms with Crippen molar-refractivity contribution in [2.45, 2.75) is 31.1 Å². The Bertz CT molecular complexity index is 592. The number of aliphatic imine (C=N–C) groups is 1. The van der Waals surface area contributed by atoms with E-state index >= 15 is 0 Å². The first kappa shape index (κ1) is 24.0. The van der Waals surface area contributed by atoms with Crippen molar-refractivity contribution >= 4 is 47.6 Å². The molecule has 2 N–H and O–H groups in total. The number of carbonyl (C=O) groups excluding carboxylic acids is 1. The van der Waals surface area contributed by atoms with Crippen LogP contribution in [0.5, 0.6) is 0 Å². The predicted molar refractivity (Wildman–Crippen MR) is 121 cm³/mol. The minimum Gasteiger partial charge on any atom is -0.359 e. The van der Waals surface area contributed by atoms with Crippen LogP contribution in [0, 0.1) is 11.7 Å². The van der Waals surface area contributed by atoms with Gasteiger partial charge in [0.25, 0.3) is 0 Å². The monoisotopic (exact) mass is 508 g/mol. The second-order valence-corrected chi connectivity index (χ2v) is 7.51. The SMILES string of the molecule is CCNC(=NCCSc1ccc(F)cc1)N1CCC(CC(=O)NC)CC1.I. The Balaban J connectivity index is 0.00000364. The molecule has 0 unspecified atom stereocenters. The van der Waals surface area contributed by atoms with Gasteiger partial charge in [-0.3, -0.25) is 9.79 Å². The fourth-order valence-electron chi connectivity index (χ4n) is 2.98. The lowest BCUT2D eigenvalue weighted by Crippen LogP contribution is -2.46. The Labute approximate surface area is 183 Å². The first-order chi connectivity index (χ1) is 12.6. The van der Waals surface area contributed by atoms with Gasteiger partial charge in [0, 0.05) is 43.8 Å². The maximum absolute atomic E-state index is 12.9. The van der Waals surface area contributed by atoms with E-state index in [1.165, 1.54) is 12.1 Å². The normalized spacial score (nSPS) is 15.2. The lowest BCUT2D eigenvalue weighted by molar-refractivity contribution is -0.121. The van der Waals surface area contributed by atoms with E-state index in [0.717, 1.165) is 49.1 Å². The number of carbonyl (C=O) groups is 1. The smallest absolute Gasteiger partial charge is 0.220 e. The van der Waals surface area contributed by atoms with Crippen LogP contribution in [0.2, 0.25) is 0 Å². The number of hydrogen-bond donors (Lipinski definition) is 2. The third kappa shape index (κ3) is 8.68. The summed E-state index contributed by atoms with van der Waals surface area (Å²) in [7, 11) is 1.69. The number of nitrogens with zero attached hydrogens (tertiary/aromatic N) is 2. The van der Waals surface area contributed by atoms with Crippen molar-refractivity contribution in [1.29, 1.82) is 0 Å². The molecule has 1 fully saturated rings. The summed E-state index contributed by atoms with van der Waals surface area (Å²) in [4.78, 5) is 19.6. The van der Waals surface area contributed by atoms with E-state index in [2.05, 4.69) is 22.5 Å². The maximum Gasteiger partial charge on any atom is 0.220 e. The molecule has 2 rings (SSSR count). The van der Waals surface area contributed by atoms with Gasteiger partial charge in [-0.15, -0.1) is 35.7 Å². The minimum atomic E-state index is -0.207. The van der Waals surface area contributed by atoms with Crippen LogP contribution in [-0.2, 0) is 4.79 Å². The van der Waals surface area contributed by atoms with E-state index in [1.807, 2.05) is 0 Å². The molecule has 0 spiro atoms. The Morgan fingerprint density at radius 1 is 1.30 bits per heavy atom. The van der Waals surface area contributed by atoms with Crippen LogP contribution < -0.4 is 10.6 Å². The summed E-state index contributed by atoms with van der Waals surface area (Å²) in [5.74, 6) is 2.19. The van der Waals surface area contributed by atoms with Crippen molar-refractivity contribution in [1.82, 2.24) is 15.5 Å². The third-order valence-corrected chi connectivity index (χ3v) is 5.43. The topological polar surface area (TPSA) is 56.7 Å². The van der Waals surface area contributed by atoms with Crippen LogP contribution in [-0.4, -0.2) is 55.7 Å². The molecule has 1 heterocycles. The first-order valence-electron chi connectivity index (χ1n) is 9.24. The number of amides is 1. The molecule has 1 aromatic carbocycles. The van der Waals surface area contributed by atoms with Gasteiger partial charge in [-0.25, -0.2) is 4.39 Å². The second kappa shape index (κ2) is 13.2. The van der Waals surface area contributed by atoms with Gasteiger partial charge in [-0.1, -0.05) is 0 Å². The van der Waals surface area contributed by atoms with Crippen LogP contribution >= 0.6 is 35.7 Å². The number of halogens is 2. The Morgan fingerprint density at radius 2 is 1.96 bits per heavy atom. The van der Waals surface area contributed by atoms with Gasteiger partial charge in [0.2, 0.25) is 5.91 Å². The molecule has 1 aromatic rings. The molecule has 5 nitrogen and oxygen atoms in total. The Hall–Kier alpha value is -1.03. The standard InChI is InChI=1S/C19H29FN4OS.HI/c1-3-22-19(23-10-13-26-17-6-4-16(20)5-7-17)24-11-8-15(9-12-24)14-18(25)21-2;/h4-7,15H,3,8-14H2,1-2H3,(H,21,25)(H,22,23);1H. The largest absolute Gasteiger partial charge is 0.359 e. The number of hydrogen-bond acceptors (Lipinski definition) is 3. The van der Waals surface area contributed by atoms with E-state index in [0.29, 0.717) is 18.9 Å². The molecule has 0 aromatic heterocycles. The van der Waals surface area contributed by atoms with Crippen LogP contribution in [0.4, 0.5) is 4.39 Å². The van der Waals surface area contributed by atoms with Gasteiger partial charge in [0.1, 0.15) is 5.82 Å². The number of benzene rings is 1. The summed E-state index contributed by atoms with van der Waals surface area (Å²) in [6, 6.07) is 6.57. The van der Waals surface area contributed by atoms with Crippen LogP contribution in [0.15, 0.2) is 34.2 Å². The van der Waals surface area contributed by atoms with Gasteiger partial charge in [0.15, 0.2) is 5.96 Å². The molecule has 1 aliphatic rings. The number of guanidine groups is 1. The highest BCUT2D eigenvalue weighted by Crippen LogP contribution is 2.21. The highest BCUT2D eigenvalue weighted by atomic mass is 127. The molecular formula is C19H30FIN4OS.